The Morgan fingerprint density at radius 1 is 1.25 bits per heavy atom. The largest absolute Gasteiger partial charge is 0.362 e. The van der Waals surface area contributed by atoms with Crippen LogP contribution in [0.5, 0.6) is 0 Å². The Balaban J connectivity index is 3.14. The first kappa shape index (κ1) is 9.65. The van der Waals surface area contributed by atoms with Crippen LogP contribution in [0.3, 0.4) is 0 Å². The average molecular weight is 204 g/mol. The van der Waals surface area contributed by atoms with Crippen LogP contribution in [0.2, 0.25) is 0 Å². The molecular formula is C7H9O3PS. The van der Waals surface area contributed by atoms with Crippen LogP contribution in [0.1, 0.15) is 5.56 Å². The number of aryl methyl sites for hydroxylation is 1. The van der Waals surface area contributed by atoms with Gasteiger partial charge in [-0.05, 0) is 19.1 Å². The second-order valence-electron chi connectivity index (χ2n) is 2.41. The lowest BCUT2D eigenvalue weighted by Gasteiger charge is -1.99. The Bertz CT molecular complexity index is 355. The zero-order valence-electron chi connectivity index (χ0n) is 6.48. The quantitative estimate of drug-likeness (QED) is 0.738. The molecule has 0 spiro atoms. The zero-order valence-corrected chi connectivity index (χ0v) is 8.30. The van der Waals surface area contributed by atoms with Gasteiger partial charge in [-0.3, -0.25) is 0 Å². The van der Waals surface area contributed by atoms with Gasteiger partial charge in [0.15, 0.2) is 0 Å². The predicted octanol–water partition coefficient (Wildman–Crippen LogP) is 1.27. The lowest BCUT2D eigenvalue weighted by Crippen LogP contribution is -1.91. The molecule has 0 heterocycles. The maximum Gasteiger partial charge on any atom is 0.217 e. The van der Waals surface area contributed by atoms with E-state index in [0.717, 1.165) is 5.56 Å². The Labute approximate surface area is 73.0 Å². The van der Waals surface area contributed by atoms with Crippen molar-refractivity contribution in [2.75, 3.05) is 0 Å². The third-order valence-electron chi connectivity index (χ3n) is 1.45. The molecule has 0 amide bonds. The highest BCUT2D eigenvalue weighted by Crippen LogP contribution is 2.25. The summed E-state index contributed by atoms with van der Waals surface area (Å²) in [7, 11) is -4.50. The molecule has 3 nitrogen and oxygen atoms in total. The van der Waals surface area contributed by atoms with Crippen LogP contribution < -0.4 is 0 Å². The molecule has 1 aromatic carbocycles. The van der Waals surface area contributed by atoms with E-state index in [1.807, 2.05) is 6.92 Å². The normalized spacial score (nSPS) is 12.5. The van der Waals surface area contributed by atoms with Gasteiger partial charge in [0.2, 0.25) is 9.46 Å². The smallest absolute Gasteiger partial charge is 0.217 e. The second kappa shape index (κ2) is 3.52. The van der Waals surface area contributed by atoms with Gasteiger partial charge in [0.1, 0.15) is 8.01 Å². The fraction of sp³-hybridized carbons (Fsp3) is 0.143. The zero-order chi connectivity index (χ0) is 9.19. The molecule has 0 saturated carbocycles. The van der Waals surface area contributed by atoms with E-state index in [0.29, 0.717) is 0 Å². The first-order valence-corrected chi connectivity index (χ1v) is 6.44. The van der Waals surface area contributed by atoms with Gasteiger partial charge in [-0.2, -0.15) is 0 Å². The summed E-state index contributed by atoms with van der Waals surface area (Å²) < 4.78 is 22.1. The third kappa shape index (κ3) is 2.03. The highest BCUT2D eigenvalue weighted by molar-refractivity contribution is 8.41. The molecule has 66 valence electrons. The van der Waals surface area contributed by atoms with E-state index in [1.54, 1.807) is 12.1 Å². The molecule has 0 aromatic heterocycles. The van der Waals surface area contributed by atoms with Crippen molar-refractivity contribution in [2.24, 2.45) is 0 Å². The molecule has 0 aliphatic rings. The highest BCUT2D eigenvalue weighted by atomic mass is 32.8. The molecular weight excluding hydrogens is 195 g/mol. The van der Waals surface area contributed by atoms with Crippen molar-refractivity contribution in [1.82, 2.24) is 0 Å². The van der Waals surface area contributed by atoms with E-state index in [9.17, 15) is 8.42 Å². The minimum absolute atomic E-state index is 0.175. The summed E-state index contributed by atoms with van der Waals surface area (Å²) >= 11 is 0. The number of benzene rings is 1. The molecule has 5 heteroatoms. The molecule has 1 unspecified atom stereocenters. The van der Waals surface area contributed by atoms with Crippen molar-refractivity contribution in [1.29, 1.82) is 0 Å². The van der Waals surface area contributed by atoms with E-state index < -0.39 is 17.5 Å². The molecule has 0 radical (unpaired) electrons. The van der Waals surface area contributed by atoms with Crippen LogP contribution >= 0.6 is 8.01 Å². The maximum absolute atomic E-state index is 11.1. The topological polar surface area (TPSA) is 54.4 Å². The molecule has 1 aromatic rings. The molecule has 1 atom stereocenters. The van der Waals surface area contributed by atoms with Gasteiger partial charge in [0.05, 0.1) is 4.90 Å². The molecule has 0 fully saturated rings. The first-order chi connectivity index (χ1) is 5.56. The Kier molecular flexibility index (Phi) is 2.83. The van der Waals surface area contributed by atoms with E-state index >= 15 is 0 Å². The van der Waals surface area contributed by atoms with Crippen LogP contribution in [0.25, 0.3) is 0 Å². The monoisotopic (exact) mass is 204 g/mol. The molecule has 0 aliphatic carbocycles. The molecule has 0 bridgehead atoms. The Hall–Kier alpha value is -0.440. The van der Waals surface area contributed by atoms with Crippen molar-refractivity contribution in [2.45, 2.75) is 11.8 Å². The average Bonchev–Trinajstić information content (AvgIpc) is 2.05. The van der Waals surface area contributed by atoms with Gasteiger partial charge in [0.25, 0.3) is 0 Å². The summed E-state index contributed by atoms with van der Waals surface area (Å²) in [4.78, 5) is 8.73. The minimum Gasteiger partial charge on any atom is -0.362 e. The summed E-state index contributed by atoms with van der Waals surface area (Å²) in [5, 5.41) is 0. The standard InChI is InChI=1S/C7H9O3PS/c1-6-2-4-7(5-3-6)12(9,10)11-8/h2-5,8,11H,1H3. The molecule has 1 rings (SSSR count). The third-order valence-corrected chi connectivity index (χ3v) is 4.01. The minimum atomic E-state index is -3.43. The van der Waals surface area contributed by atoms with Crippen molar-refractivity contribution in [3.8, 4) is 0 Å². The lowest BCUT2D eigenvalue weighted by molar-refractivity contribution is 0.599. The van der Waals surface area contributed by atoms with Crippen LogP contribution in [-0.4, -0.2) is 13.3 Å². The van der Waals surface area contributed by atoms with E-state index in [4.69, 9.17) is 4.89 Å². The fourth-order valence-corrected chi connectivity index (χ4v) is 2.09. The Morgan fingerprint density at radius 2 is 1.75 bits per heavy atom. The fourth-order valence-electron chi connectivity index (χ4n) is 0.770. The lowest BCUT2D eigenvalue weighted by atomic mass is 10.2. The maximum atomic E-state index is 11.1. The van der Waals surface area contributed by atoms with Crippen molar-refractivity contribution < 1.29 is 13.3 Å². The molecule has 12 heavy (non-hydrogen) atoms. The van der Waals surface area contributed by atoms with Gasteiger partial charge in [-0.15, -0.1) is 0 Å². The summed E-state index contributed by atoms with van der Waals surface area (Å²) in [5.74, 6) is 0. The highest BCUT2D eigenvalue weighted by Gasteiger charge is 2.11. The van der Waals surface area contributed by atoms with Crippen LogP contribution in [-0.2, 0) is 9.46 Å². The number of rotatable bonds is 2. The molecule has 0 saturated heterocycles. The summed E-state index contributed by atoms with van der Waals surface area (Å²) in [5.41, 5.74) is 0.996. The van der Waals surface area contributed by atoms with Gasteiger partial charge in [-0.25, -0.2) is 8.42 Å². The SMILES string of the molecule is Cc1ccc(S(=O)(=O)PO)cc1. The second-order valence-corrected chi connectivity index (χ2v) is 6.23. The molecule has 0 aliphatic heterocycles. The number of hydrogen-bond acceptors (Lipinski definition) is 3. The molecule has 1 N–H and O–H groups in total. The van der Waals surface area contributed by atoms with E-state index in [-0.39, 0.29) is 4.90 Å². The summed E-state index contributed by atoms with van der Waals surface area (Å²) in [6.07, 6.45) is 0. The van der Waals surface area contributed by atoms with Crippen LogP contribution in [0.4, 0.5) is 0 Å². The van der Waals surface area contributed by atoms with Gasteiger partial charge < -0.3 is 4.89 Å². The predicted molar refractivity (Wildman–Crippen MR) is 48.9 cm³/mol. The number of hydrogen-bond donors (Lipinski definition) is 1. The Morgan fingerprint density at radius 3 is 2.17 bits per heavy atom. The van der Waals surface area contributed by atoms with E-state index in [2.05, 4.69) is 0 Å². The summed E-state index contributed by atoms with van der Waals surface area (Å²) in [6.45, 7) is 1.87. The van der Waals surface area contributed by atoms with Crippen molar-refractivity contribution in [3.63, 3.8) is 0 Å². The van der Waals surface area contributed by atoms with Crippen molar-refractivity contribution in [3.05, 3.63) is 29.8 Å². The van der Waals surface area contributed by atoms with Gasteiger partial charge in [0, 0.05) is 0 Å². The van der Waals surface area contributed by atoms with E-state index in [1.165, 1.54) is 12.1 Å². The van der Waals surface area contributed by atoms with Crippen LogP contribution in [0, 0.1) is 6.92 Å². The summed E-state index contributed by atoms with van der Waals surface area (Å²) in [6, 6.07) is 6.39. The van der Waals surface area contributed by atoms with Gasteiger partial charge in [-0.1, -0.05) is 17.7 Å². The van der Waals surface area contributed by atoms with Crippen LogP contribution in [0.15, 0.2) is 29.2 Å². The first-order valence-electron chi connectivity index (χ1n) is 3.29. The van der Waals surface area contributed by atoms with Crippen molar-refractivity contribution >= 4 is 17.5 Å². The van der Waals surface area contributed by atoms with Gasteiger partial charge >= 0.3 is 0 Å².